The number of rotatable bonds is 10. The minimum Gasteiger partial charge on any atom is -0.461 e. The van der Waals surface area contributed by atoms with E-state index >= 15 is 0 Å². The Kier molecular flexibility index (Phi) is 8.55. The minimum absolute atomic E-state index is 0.340. The summed E-state index contributed by atoms with van der Waals surface area (Å²) in [6.45, 7) is 7.12. The highest BCUT2D eigenvalue weighted by molar-refractivity contribution is 7.11. The van der Waals surface area contributed by atoms with Gasteiger partial charge in [0.2, 0.25) is 0 Å². The van der Waals surface area contributed by atoms with E-state index in [0.717, 1.165) is 36.6 Å². The first-order valence-electron chi connectivity index (χ1n) is 10.5. The topological polar surface area (TPSA) is 78.2 Å². The molecule has 6 nitrogen and oxygen atoms in total. The van der Waals surface area contributed by atoms with E-state index in [4.69, 9.17) is 4.74 Å². The van der Waals surface area contributed by atoms with E-state index < -0.39 is 0 Å². The molecule has 1 aromatic heterocycles. The quantitative estimate of drug-likeness (QED) is 0.337. The summed E-state index contributed by atoms with van der Waals surface area (Å²) in [5.41, 5.74) is 3.55. The third-order valence-electron chi connectivity index (χ3n) is 4.96. The third-order valence-corrected chi connectivity index (χ3v) is 5.84. The molecule has 0 aliphatic carbocycles. The van der Waals surface area contributed by atoms with Crippen LogP contribution < -0.4 is 5.32 Å². The number of carbonyl (C=O) groups is 1. The molecule has 0 unspecified atom stereocenters. The maximum Gasteiger partial charge on any atom is 0.338 e. The Morgan fingerprint density at radius 2 is 1.88 bits per heavy atom. The van der Waals surface area contributed by atoms with Gasteiger partial charge in [0, 0.05) is 29.4 Å². The smallest absolute Gasteiger partial charge is 0.338 e. The SMILES string of the molecule is CCN(CC)CCOC(=O)c1ccc(N/C=C(\C#N)c2nc(-c3ccccc3)cs2)cc1. The summed E-state index contributed by atoms with van der Waals surface area (Å²) in [6.07, 6.45) is 1.63. The molecule has 0 spiro atoms. The van der Waals surface area contributed by atoms with Crippen LogP contribution in [-0.2, 0) is 4.74 Å². The third kappa shape index (κ3) is 6.27. The summed E-state index contributed by atoms with van der Waals surface area (Å²) in [4.78, 5) is 19.0. The monoisotopic (exact) mass is 446 g/mol. The molecule has 0 saturated carbocycles. The molecule has 7 heteroatoms. The van der Waals surface area contributed by atoms with Gasteiger partial charge in [-0.1, -0.05) is 44.2 Å². The number of nitriles is 1. The minimum atomic E-state index is -0.340. The number of anilines is 1. The fourth-order valence-electron chi connectivity index (χ4n) is 3.03. The van der Waals surface area contributed by atoms with Crippen LogP contribution in [0.15, 0.2) is 66.2 Å². The van der Waals surface area contributed by atoms with Gasteiger partial charge in [0.15, 0.2) is 0 Å². The van der Waals surface area contributed by atoms with Gasteiger partial charge in [-0.2, -0.15) is 5.26 Å². The van der Waals surface area contributed by atoms with Crippen LogP contribution in [0.5, 0.6) is 0 Å². The number of nitrogens with one attached hydrogen (secondary N) is 1. The second-order valence-electron chi connectivity index (χ2n) is 6.96. The molecule has 0 fully saturated rings. The number of ether oxygens (including phenoxy) is 1. The van der Waals surface area contributed by atoms with Gasteiger partial charge >= 0.3 is 5.97 Å². The summed E-state index contributed by atoms with van der Waals surface area (Å²) in [7, 11) is 0. The molecule has 0 aliphatic rings. The van der Waals surface area contributed by atoms with Crippen molar-refractivity contribution in [2.45, 2.75) is 13.8 Å². The van der Waals surface area contributed by atoms with Gasteiger partial charge in [-0.05, 0) is 37.4 Å². The van der Waals surface area contributed by atoms with E-state index in [9.17, 15) is 10.1 Å². The zero-order chi connectivity index (χ0) is 22.8. The Morgan fingerprint density at radius 1 is 1.16 bits per heavy atom. The Hall–Kier alpha value is -3.47. The summed E-state index contributed by atoms with van der Waals surface area (Å²) in [6, 6.07) is 19.0. The predicted molar refractivity (Wildman–Crippen MR) is 129 cm³/mol. The van der Waals surface area contributed by atoms with E-state index in [2.05, 4.69) is 35.1 Å². The number of likely N-dealkylation sites (N-methyl/N-ethyl adjacent to an activating group) is 1. The van der Waals surface area contributed by atoms with Crippen LogP contribution in [0.1, 0.15) is 29.2 Å². The normalized spacial score (nSPS) is 11.2. The zero-order valence-corrected chi connectivity index (χ0v) is 19.1. The van der Waals surface area contributed by atoms with Crippen LogP contribution in [0, 0.1) is 11.3 Å². The van der Waals surface area contributed by atoms with Crippen LogP contribution in [0.2, 0.25) is 0 Å². The van der Waals surface area contributed by atoms with E-state index in [1.165, 1.54) is 11.3 Å². The first-order valence-corrected chi connectivity index (χ1v) is 11.4. The molecule has 0 amide bonds. The molecule has 0 bridgehead atoms. The van der Waals surface area contributed by atoms with Gasteiger partial charge in [-0.25, -0.2) is 9.78 Å². The van der Waals surface area contributed by atoms with Crippen molar-refractivity contribution in [1.82, 2.24) is 9.88 Å². The number of carbonyl (C=O) groups excluding carboxylic acids is 1. The molecule has 3 aromatic rings. The van der Waals surface area contributed by atoms with Crippen molar-refractivity contribution in [3.8, 4) is 17.3 Å². The maximum absolute atomic E-state index is 12.2. The van der Waals surface area contributed by atoms with Crippen LogP contribution >= 0.6 is 11.3 Å². The molecule has 3 rings (SSSR count). The molecule has 0 aliphatic heterocycles. The summed E-state index contributed by atoms with van der Waals surface area (Å²) < 4.78 is 5.35. The number of esters is 1. The van der Waals surface area contributed by atoms with Crippen LogP contribution in [0.3, 0.4) is 0 Å². The number of benzene rings is 2. The first-order chi connectivity index (χ1) is 15.6. The van der Waals surface area contributed by atoms with Crippen molar-refractivity contribution in [3.63, 3.8) is 0 Å². The molecule has 0 saturated heterocycles. The molecule has 0 radical (unpaired) electrons. The Bertz CT molecular complexity index is 1080. The number of aromatic nitrogens is 1. The lowest BCUT2D eigenvalue weighted by Gasteiger charge is -2.17. The summed E-state index contributed by atoms with van der Waals surface area (Å²) >= 11 is 1.42. The number of nitrogens with zero attached hydrogens (tertiary/aromatic N) is 3. The molecular weight excluding hydrogens is 420 g/mol. The second kappa shape index (κ2) is 11.8. The van der Waals surface area contributed by atoms with Crippen molar-refractivity contribution in [3.05, 3.63) is 76.7 Å². The summed E-state index contributed by atoms with van der Waals surface area (Å²) in [5, 5.41) is 15.2. The van der Waals surface area contributed by atoms with Crippen molar-refractivity contribution in [2.24, 2.45) is 0 Å². The Balaban J connectivity index is 1.59. The second-order valence-corrected chi connectivity index (χ2v) is 7.82. The highest BCUT2D eigenvalue weighted by Gasteiger charge is 2.10. The lowest BCUT2D eigenvalue weighted by Crippen LogP contribution is -2.27. The Morgan fingerprint density at radius 3 is 2.53 bits per heavy atom. The molecule has 164 valence electrons. The average Bonchev–Trinajstić information content (AvgIpc) is 3.33. The van der Waals surface area contributed by atoms with Gasteiger partial charge in [0.25, 0.3) is 0 Å². The molecular formula is C25H26N4O2S. The van der Waals surface area contributed by atoms with Gasteiger partial charge in [0.1, 0.15) is 23.3 Å². The van der Waals surface area contributed by atoms with E-state index in [1.54, 1.807) is 30.5 Å². The fourth-order valence-corrected chi connectivity index (χ4v) is 3.82. The van der Waals surface area contributed by atoms with Crippen molar-refractivity contribution < 1.29 is 9.53 Å². The largest absolute Gasteiger partial charge is 0.461 e. The predicted octanol–water partition coefficient (Wildman–Crippen LogP) is 5.29. The summed E-state index contributed by atoms with van der Waals surface area (Å²) in [5.74, 6) is -0.340. The zero-order valence-electron chi connectivity index (χ0n) is 18.2. The van der Waals surface area contributed by atoms with E-state index in [0.29, 0.717) is 22.8 Å². The van der Waals surface area contributed by atoms with Crippen LogP contribution in [0.4, 0.5) is 5.69 Å². The van der Waals surface area contributed by atoms with Crippen molar-refractivity contribution in [2.75, 3.05) is 31.6 Å². The number of allylic oxidation sites excluding steroid dienone is 1. The lowest BCUT2D eigenvalue weighted by molar-refractivity contribution is 0.0466. The maximum atomic E-state index is 12.2. The molecule has 32 heavy (non-hydrogen) atoms. The lowest BCUT2D eigenvalue weighted by atomic mass is 10.2. The van der Waals surface area contributed by atoms with Gasteiger partial charge in [-0.15, -0.1) is 11.3 Å². The van der Waals surface area contributed by atoms with Crippen molar-refractivity contribution >= 4 is 28.6 Å². The highest BCUT2D eigenvalue weighted by atomic mass is 32.1. The number of thiazole rings is 1. The standard InChI is InChI=1S/C25H26N4O2S/c1-3-29(4-2)14-15-31-25(30)20-10-12-22(13-11-20)27-17-21(16-26)24-28-23(18-32-24)19-8-6-5-7-9-19/h5-13,17-18,27H,3-4,14-15H2,1-2H3/b21-17+. The van der Waals surface area contributed by atoms with Gasteiger partial charge < -0.3 is 15.0 Å². The van der Waals surface area contributed by atoms with Crippen molar-refractivity contribution in [1.29, 1.82) is 5.26 Å². The van der Waals surface area contributed by atoms with Crippen LogP contribution in [0.25, 0.3) is 16.8 Å². The highest BCUT2D eigenvalue weighted by Crippen LogP contribution is 2.26. The molecule has 1 N–H and O–H groups in total. The Labute approximate surface area is 192 Å². The fraction of sp³-hybridized carbons (Fsp3) is 0.240. The average molecular weight is 447 g/mol. The van der Waals surface area contributed by atoms with E-state index in [1.807, 2.05) is 35.7 Å². The van der Waals surface area contributed by atoms with Gasteiger partial charge in [0.05, 0.1) is 11.3 Å². The van der Waals surface area contributed by atoms with E-state index in [-0.39, 0.29) is 5.97 Å². The van der Waals surface area contributed by atoms with Gasteiger partial charge in [-0.3, -0.25) is 0 Å². The number of hydrogen-bond acceptors (Lipinski definition) is 7. The molecule has 2 aromatic carbocycles. The molecule has 0 atom stereocenters. The number of hydrogen-bond donors (Lipinski definition) is 1. The van der Waals surface area contributed by atoms with Crippen LogP contribution in [-0.4, -0.2) is 42.1 Å². The first kappa shape index (κ1) is 23.2. The molecule has 1 heterocycles.